The van der Waals surface area contributed by atoms with Crippen molar-refractivity contribution in [3.05, 3.63) is 45.1 Å². The minimum atomic E-state index is -0.173. The summed E-state index contributed by atoms with van der Waals surface area (Å²) in [6.45, 7) is 8.78. The standard InChI is InChI=1S/C20H23N3O3S2/c1-5-23-19(25)17-12(3)13(4)28-18(17)22-20(23)27-11-16(24)21-14-9-7-8-10-15(14)26-6-2/h7-10H,5-6,11H2,1-4H3,(H,21,24). The first-order valence-electron chi connectivity index (χ1n) is 9.11. The summed E-state index contributed by atoms with van der Waals surface area (Å²) < 4.78 is 7.17. The Balaban J connectivity index is 1.80. The van der Waals surface area contributed by atoms with Crippen LogP contribution < -0.4 is 15.6 Å². The predicted octanol–water partition coefficient (Wildman–Crippen LogP) is 4.22. The minimum absolute atomic E-state index is 0.0426. The van der Waals surface area contributed by atoms with Gasteiger partial charge in [0, 0.05) is 11.4 Å². The van der Waals surface area contributed by atoms with Crippen LogP contribution in [0.4, 0.5) is 5.69 Å². The van der Waals surface area contributed by atoms with Crippen LogP contribution in [-0.2, 0) is 11.3 Å². The fraction of sp³-hybridized carbons (Fsp3) is 0.350. The van der Waals surface area contributed by atoms with Gasteiger partial charge in [-0.15, -0.1) is 11.3 Å². The first-order chi connectivity index (χ1) is 13.5. The number of aromatic nitrogens is 2. The number of carbonyl (C=O) groups excluding carboxylic acids is 1. The second-order valence-electron chi connectivity index (χ2n) is 6.17. The van der Waals surface area contributed by atoms with E-state index in [4.69, 9.17) is 4.74 Å². The average molecular weight is 418 g/mol. The molecule has 3 aromatic rings. The maximum Gasteiger partial charge on any atom is 0.263 e. The van der Waals surface area contributed by atoms with E-state index in [-0.39, 0.29) is 17.2 Å². The molecule has 0 aliphatic carbocycles. The zero-order chi connectivity index (χ0) is 20.3. The van der Waals surface area contributed by atoms with Crippen molar-refractivity contribution in [1.29, 1.82) is 0 Å². The van der Waals surface area contributed by atoms with Crippen molar-refractivity contribution < 1.29 is 9.53 Å². The maximum absolute atomic E-state index is 12.9. The quantitative estimate of drug-likeness (QED) is 0.460. The van der Waals surface area contributed by atoms with Gasteiger partial charge in [0.2, 0.25) is 5.91 Å². The van der Waals surface area contributed by atoms with Crippen LogP contribution in [0.3, 0.4) is 0 Å². The van der Waals surface area contributed by atoms with Gasteiger partial charge in [-0.1, -0.05) is 23.9 Å². The van der Waals surface area contributed by atoms with Crippen LogP contribution in [0.25, 0.3) is 10.2 Å². The largest absolute Gasteiger partial charge is 0.492 e. The number of ether oxygens (including phenoxy) is 1. The Bertz CT molecular complexity index is 1070. The van der Waals surface area contributed by atoms with Gasteiger partial charge in [-0.25, -0.2) is 4.98 Å². The number of fused-ring (bicyclic) bond motifs is 1. The van der Waals surface area contributed by atoms with E-state index < -0.39 is 0 Å². The molecule has 0 aliphatic rings. The molecule has 0 aliphatic heterocycles. The number of nitrogens with zero attached hydrogens (tertiary/aromatic N) is 2. The minimum Gasteiger partial charge on any atom is -0.492 e. The highest BCUT2D eigenvalue weighted by atomic mass is 32.2. The van der Waals surface area contributed by atoms with E-state index in [9.17, 15) is 9.59 Å². The first kappa shape index (κ1) is 20.4. The van der Waals surface area contributed by atoms with E-state index in [1.807, 2.05) is 45.9 Å². The summed E-state index contributed by atoms with van der Waals surface area (Å²) in [6, 6.07) is 7.32. The van der Waals surface area contributed by atoms with Gasteiger partial charge in [0.15, 0.2) is 5.16 Å². The van der Waals surface area contributed by atoms with Crippen molar-refractivity contribution in [2.24, 2.45) is 0 Å². The number of benzene rings is 1. The second kappa shape index (κ2) is 8.79. The van der Waals surface area contributed by atoms with Crippen LogP contribution in [0.15, 0.2) is 34.2 Å². The third-order valence-electron chi connectivity index (χ3n) is 4.36. The van der Waals surface area contributed by atoms with E-state index in [1.165, 1.54) is 23.1 Å². The van der Waals surface area contributed by atoms with Crippen LogP contribution in [0.5, 0.6) is 5.75 Å². The van der Waals surface area contributed by atoms with E-state index in [0.717, 1.165) is 15.3 Å². The van der Waals surface area contributed by atoms with Crippen LogP contribution >= 0.6 is 23.1 Å². The van der Waals surface area contributed by atoms with Crippen LogP contribution in [0, 0.1) is 13.8 Å². The monoisotopic (exact) mass is 417 g/mol. The van der Waals surface area contributed by atoms with Gasteiger partial charge in [-0.2, -0.15) is 0 Å². The van der Waals surface area contributed by atoms with Crippen molar-refractivity contribution in [1.82, 2.24) is 9.55 Å². The van der Waals surface area contributed by atoms with Crippen LogP contribution in [0.1, 0.15) is 24.3 Å². The van der Waals surface area contributed by atoms with Crippen molar-refractivity contribution in [2.75, 3.05) is 17.7 Å². The van der Waals surface area contributed by atoms with Crippen molar-refractivity contribution in [2.45, 2.75) is 39.4 Å². The van der Waals surface area contributed by atoms with Gasteiger partial charge in [0.05, 0.1) is 23.4 Å². The topological polar surface area (TPSA) is 73.2 Å². The summed E-state index contributed by atoms with van der Waals surface area (Å²) in [5, 5.41) is 4.12. The summed E-state index contributed by atoms with van der Waals surface area (Å²) in [4.78, 5) is 31.8. The highest BCUT2D eigenvalue weighted by Crippen LogP contribution is 2.29. The third kappa shape index (κ3) is 4.07. The molecule has 28 heavy (non-hydrogen) atoms. The fourth-order valence-corrected chi connectivity index (χ4v) is 4.80. The summed E-state index contributed by atoms with van der Waals surface area (Å²) in [7, 11) is 0. The lowest BCUT2D eigenvalue weighted by Gasteiger charge is -2.12. The molecule has 1 N–H and O–H groups in total. The summed E-state index contributed by atoms with van der Waals surface area (Å²) in [5.74, 6) is 0.618. The molecule has 2 aromatic heterocycles. The molecule has 0 atom stereocenters. The van der Waals surface area contributed by atoms with Crippen molar-refractivity contribution >= 4 is 44.9 Å². The smallest absolute Gasteiger partial charge is 0.263 e. The lowest BCUT2D eigenvalue weighted by atomic mass is 10.2. The van der Waals surface area contributed by atoms with E-state index in [2.05, 4.69) is 10.3 Å². The molecule has 1 amide bonds. The highest BCUT2D eigenvalue weighted by Gasteiger charge is 2.17. The zero-order valence-electron chi connectivity index (χ0n) is 16.4. The molecule has 0 radical (unpaired) electrons. The maximum atomic E-state index is 12.9. The lowest BCUT2D eigenvalue weighted by Crippen LogP contribution is -2.23. The first-order valence-corrected chi connectivity index (χ1v) is 10.9. The molecular weight excluding hydrogens is 394 g/mol. The molecule has 8 heteroatoms. The van der Waals surface area contributed by atoms with Gasteiger partial charge in [-0.05, 0) is 45.4 Å². The molecule has 1 aromatic carbocycles. The van der Waals surface area contributed by atoms with E-state index in [1.54, 1.807) is 10.6 Å². The molecule has 0 fully saturated rings. The van der Waals surface area contributed by atoms with E-state index >= 15 is 0 Å². The number of para-hydroxylation sites is 2. The molecule has 2 heterocycles. The van der Waals surface area contributed by atoms with Crippen LogP contribution in [0.2, 0.25) is 0 Å². The molecule has 6 nitrogen and oxygen atoms in total. The number of carbonyl (C=O) groups is 1. The number of thioether (sulfide) groups is 1. The molecule has 0 saturated heterocycles. The Labute approximate surface area is 171 Å². The molecular formula is C20H23N3O3S2. The Morgan fingerprint density at radius 1 is 1.29 bits per heavy atom. The number of hydrogen-bond acceptors (Lipinski definition) is 6. The normalized spacial score (nSPS) is 11.0. The number of anilines is 1. The number of aryl methyl sites for hydroxylation is 2. The predicted molar refractivity (Wildman–Crippen MR) is 116 cm³/mol. The molecule has 0 unspecified atom stereocenters. The van der Waals surface area contributed by atoms with Crippen molar-refractivity contribution in [3.8, 4) is 5.75 Å². The Hall–Kier alpha value is -2.32. The van der Waals surface area contributed by atoms with Gasteiger partial charge >= 0.3 is 0 Å². The SMILES string of the molecule is CCOc1ccccc1NC(=O)CSc1nc2sc(C)c(C)c2c(=O)n1CC. The molecule has 0 bridgehead atoms. The Morgan fingerprint density at radius 3 is 2.75 bits per heavy atom. The number of thiophene rings is 1. The van der Waals surface area contributed by atoms with Gasteiger partial charge in [0.25, 0.3) is 5.56 Å². The molecule has 148 valence electrons. The third-order valence-corrected chi connectivity index (χ3v) is 6.44. The number of nitrogens with one attached hydrogen (secondary N) is 1. The zero-order valence-corrected chi connectivity index (χ0v) is 18.0. The van der Waals surface area contributed by atoms with E-state index in [0.29, 0.717) is 35.1 Å². The summed E-state index contributed by atoms with van der Waals surface area (Å²) in [6.07, 6.45) is 0. The number of hydrogen-bond donors (Lipinski definition) is 1. The highest BCUT2D eigenvalue weighted by molar-refractivity contribution is 7.99. The summed E-state index contributed by atoms with van der Waals surface area (Å²) >= 11 is 2.78. The second-order valence-corrected chi connectivity index (χ2v) is 8.32. The Kier molecular flexibility index (Phi) is 6.41. The average Bonchev–Trinajstić information content (AvgIpc) is 2.96. The Morgan fingerprint density at radius 2 is 2.04 bits per heavy atom. The van der Waals surface area contributed by atoms with Gasteiger partial charge in [0.1, 0.15) is 10.6 Å². The van der Waals surface area contributed by atoms with Gasteiger partial charge < -0.3 is 10.1 Å². The van der Waals surface area contributed by atoms with Crippen molar-refractivity contribution in [3.63, 3.8) is 0 Å². The molecule has 3 rings (SSSR count). The lowest BCUT2D eigenvalue weighted by molar-refractivity contribution is -0.113. The summed E-state index contributed by atoms with van der Waals surface area (Å²) in [5.41, 5.74) is 1.58. The molecule has 0 spiro atoms. The van der Waals surface area contributed by atoms with Crippen LogP contribution in [-0.4, -0.2) is 27.8 Å². The molecule has 0 saturated carbocycles. The van der Waals surface area contributed by atoms with Gasteiger partial charge in [-0.3, -0.25) is 14.2 Å². The number of rotatable bonds is 7. The number of amides is 1. The fourth-order valence-electron chi connectivity index (χ4n) is 2.87.